The summed E-state index contributed by atoms with van der Waals surface area (Å²) in [5.41, 5.74) is 1.91. The van der Waals surface area contributed by atoms with Gasteiger partial charge in [0.1, 0.15) is 11.9 Å². The number of pyridine rings is 1. The number of hydrogen-bond donors (Lipinski definition) is 1. The Kier molecular flexibility index (Phi) is 6.93. The van der Waals surface area contributed by atoms with Gasteiger partial charge in [0.15, 0.2) is 0 Å². The maximum atomic E-state index is 12.5. The van der Waals surface area contributed by atoms with Gasteiger partial charge in [0.05, 0.1) is 6.54 Å². The van der Waals surface area contributed by atoms with Crippen molar-refractivity contribution in [1.82, 2.24) is 14.8 Å². The van der Waals surface area contributed by atoms with E-state index < -0.39 is 0 Å². The molecule has 2 aromatic rings. The van der Waals surface area contributed by atoms with Crippen molar-refractivity contribution in [1.29, 1.82) is 0 Å². The Balaban J connectivity index is 1.20. The minimum absolute atomic E-state index is 0.0175. The van der Waals surface area contributed by atoms with Gasteiger partial charge >= 0.3 is 6.03 Å². The SMILES string of the molecule is CC(C)CCC(=O)N1CC[C@@H](Oc2ccc(NC(=O)N3CC(c4cccnc4)C3)cc2)C1. The number of benzene rings is 1. The number of nitrogens with one attached hydrogen (secondary N) is 1. The molecule has 7 heteroatoms. The lowest BCUT2D eigenvalue weighted by Crippen LogP contribution is -2.50. The second-order valence-corrected chi connectivity index (χ2v) is 9.14. The van der Waals surface area contributed by atoms with Gasteiger partial charge in [0.25, 0.3) is 0 Å². The molecule has 1 aromatic carbocycles. The molecular formula is C25H32N4O3. The monoisotopic (exact) mass is 436 g/mol. The highest BCUT2D eigenvalue weighted by Gasteiger charge is 2.32. The number of carbonyl (C=O) groups is 2. The van der Waals surface area contributed by atoms with Crippen LogP contribution in [0, 0.1) is 5.92 Å². The highest BCUT2D eigenvalue weighted by molar-refractivity contribution is 5.90. The molecule has 0 bridgehead atoms. The number of hydrogen-bond acceptors (Lipinski definition) is 4. The molecule has 170 valence electrons. The molecule has 0 spiro atoms. The molecule has 0 radical (unpaired) electrons. The van der Waals surface area contributed by atoms with Crippen LogP contribution in [0.5, 0.6) is 5.75 Å². The predicted octanol–water partition coefficient (Wildman–Crippen LogP) is 4.13. The summed E-state index contributed by atoms with van der Waals surface area (Å²) < 4.78 is 6.06. The van der Waals surface area contributed by atoms with Gasteiger partial charge in [0.2, 0.25) is 5.91 Å². The summed E-state index contributed by atoms with van der Waals surface area (Å²) in [5, 5.41) is 2.94. The normalized spacial score (nSPS) is 18.5. The second kappa shape index (κ2) is 10.0. The number of amides is 3. The smallest absolute Gasteiger partial charge is 0.321 e. The van der Waals surface area contributed by atoms with Crippen LogP contribution in [0.2, 0.25) is 0 Å². The summed E-state index contributed by atoms with van der Waals surface area (Å²) in [7, 11) is 0. The Labute approximate surface area is 189 Å². The summed E-state index contributed by atoms with van der Waals surface area (Å²) in [4.78, 5) is 32.6. The fourth-order valence-corrected chi connectivity index (χ4v) is 4.11. The van der Waals surface area contributed by atoms with E-state index >= 15 is 0 Å². The number of nitrogens with zero attached hydrogens (tertiary/aromatic N) is 3. The van der Waals surface area contributed by atoms with Crippen LogP contribution in [0.15, 0.2) is 48.8 Å². The number of rotatable bonds is 7. The van der Waals surface area contributed by atoms with Gasteiger partial charge in [-0.2, -0.15) is 0 Å². The van der Waals surface area contributed by atoms with Crippen LogP contribution < -0.4 is 10.1 Å². The van der Waals surface area contributed by atoms with Crippen LogP contribution in [0.4, 0.5) is 10.5 Å². The lowest BCUT2D eigenvalue weighted by atomic mass is 9.93. The Bertz CT molecular complexity index is 911. The maximum Gasteiger partial charge on any atom is 0.321 e. The number of urea groups is 1. The van der Waals surface area contributed by atoms with Gasteiger partial charge in [0, 0.05) is 56.5 Å². The fourth-order valence-electron chi connectivity index (χ4n) is 4.11. The zero-order valence-corrected chi connectivity index (χ0v) is 18.9. The Morgan fingerprint density at radius 1 is 1.12 bits per heavy atom. The third kappa shape index (κ3) is 5.58. The summed E-state index contributed by atoms with van der Waals surface area (Å²) in [6.45, 7) is 7.07. The molecule has 0 saturated carbocycles. The van der Waals surface area contributed by atoms with Crippen LogP contribution in [0.25, 0.3) is 0 Å². The molecule has 4 rings (SSSR count). The third-order valence-electron chi connectivity index (χ3n) is 6.17. The number of aromatic nitrogens is 1. The van der Waals surface area contributed by atoms with Crippen LogP contribution in [-0.2, 0) is 4.79 Å². The summed E-state index contributed by atoms with van der Waals surface area (Å²) >= 11 is 0. The summed E-state index contributed by atoms with van der Waals surface area (Å²) in [6.07, 6.45) is 6.02. The molecule has 0 aliphatic carbocycles. The first-order valence-electron chi connectivity index (χ1n) is 11.5. The largest absolute Gasteiger partial charge is 0.489 e. The quantitative estimate of drug-likeness (QED) is 0.708. The van der Waals surface area contributed by atoms with Crippen LogP contribution in [-0.4, -0.2) is 59.0 Å². The molecule has 1 aromatic heterocycles. The molecule has 1 N–H and O–H groups in total. The molecule has 3 heterocycles. The van der Waals surface area contributed by atoms with E-state index in [9.17, 15) is 9.59 Å². The molecule has 2 aliphatic rings. The highest BCUT2D eigenvalue weighted by Crippen LogP contribution is 2.27. The minimum Gasteiger partial charge on any atom is -0.489 e. The zero-order valence-electron chi connectivity index (χ0n) is 18.9. The van der Waals surface area contributed by atoms with Crippen LogP contribution >= 0.6 is 0 Å². The predicted molar refractivity (Wildman–Crippen MR) is 124 cm³/mol. The van der Waals surface area contributed by atoms with Gasteiger partial charge in [-0.25, -0.2) is 4.79 Å². The zero-order chi connectivity index (χ0) is 22.5. The standard InChI is InChI=1S/C25H32N4O3/c1-18(2)5-10-24(30)28-13-11-23(17-28)32-22-8-6-21(7-9-22)27-25(31)29-15-20(16-29)19-4-3-12-26-14-19/h3-4,6-9,12,14,18,20,23H,5,10-11,13,15-17H2,1-2H3,(H,27,31)/t23-/m1/s1. The Morgan fingerprint density at radius 2 is 1.91 bits per heavy atom. The van der Waals surface area contributed by atoms with Crippen molar-refractivity contribution in [3.63, 3.8) is 0 Å². The van der Waals surface area contributed by atoms with E-state index in [4.69, 9.17) is 4.74 Å². The molecule has 3 amide bonds. The maximum absolute atomic E-state index is 12.5. The van der Waals surface area contributed by atoms with Crippen molar-refractivity contribution in [2.45, 2.75) is 45.1 Å². The van der Waals surface area contributed by atoms with Crippen molar-refractivity contribution >= 4 is 17.6 Å². The van der Waals surface area contributed by atoms with Gasteiger partial charge < -0.3 is 19.9 Å². The molecule has 7 nitrogen and oxygen atoms in total. The molecule has 2 aliphatic heterocycles. The molecule has 2 saturated heterocycles. The van der Waals surface area contributed by atoms with Gasteiger partial charge in [-0.3, -0.25) is 9.78 Å². The lowest BCUT2D eigenvalue weighted by molar-refractivity contribution is -0.130. The van der Waals surface area contributed by atoms with Crippen LogP contribution in [0.1, 0.15) is 44.6 Å². The first-order chi connectivity index (χ1) is 15.5. The average molecular weight is 437 g/mol. The fraction of sp³-hybridized carbons (Fsp3) is 0.480. The van der Waals surface area contributed by atoms with Gasteiger partial charge in [-0.05, 0) is 48.2 Å². The Hall–Kier alpha value is -3.09. The number of ether oxygens (including phenoxy) is 1. The van der Waals surface area contributed by atoms with E-state index in [2.05, 4.69) is 30.2 Å². The molecule has 0 unspecified atom stereocenters. The average Bonchev–Trinajstić information content (AvgIpc) is 3.22. The van der Waals surface area contributed by atoms with E-state index in [1.54, 1.807) is 11.1 Å². The van der Waals surface area contributed by atoms with Gasteiger partial charge in [-0.1, -0.05) is 19.9 Å². The number of anilines is 1. The van der Waals surface area contributed by atoms with Crippen molar-refractivity contribution < 1.29 is 14.3 Å². The van der Waals surface area contributed by atoms with Crippen molar-refractivity contribution in [3.05, 3.63) is 54.4 Å². The van der Waals surface area contributed by atoms with Crippen molar-refractivity contribution in [2.24, 2.45) is 5.92 Å². The Morgan fingerprint density at radius 3 is 2.59 bits per heavy atom. The highest BCUT2D eigenvalue weighted by atomic mass is 16.5. The summed E-state index contributed by atoms with van der Waals surface area (Å²) in [5.74, 6) is 1.87. The molecule has 2 fully saturated rings. The van der Waals surface area contributed by atoms with E-state index in [0.717, 1.165) is 30.8 Å². The first kappa shape index (κ1) is 22.1. The summed E-state index contributed by atoms with van der Waals surface area (Å²) in [6, 6.07) is 11.3. The van der Waals surface area contributed by atoms with Crippen LogP contribution in [0.3, 0.4) is 0 Å². The third-order valence-corrected chi connectivity index (χ3v) is 6.17. The lowest BCUT2D eigenvalue weighted by Gasteiger charge is -2.39. The molecule has 32 heavy (non-hydrogen) atoms. The van der Waals surface area contributed by atoms with E-state index in [1.165, 1.54) is 5.56 Å². The molecule has 1 atom stereocenters. The number of likely N-dealkylation sites (tertiary alicyclic amines) is 2. The van der Waals surface area contributed by atoms with E-state index in [1.807, 2.05) is 41.4 Å². The van der Waals surface area contributed by atoms with Crippen molar-refractivity contribution in [3.8, 4) is 5.75 Å². The van der Waals surface area contributed by atoms with E-state index in [0.29, 0.717) is 37.9 Å². The van der Waals surface area contributed by atoms with Gasteiger partial charge in [-0.15, -0.1) is 0 Å². The van der Waals surface area contributed by atoms with E-state index in [-0.39, 0.29) is 18.0 Å². The number of carbonyl (C=O) groups excluding carboxylic acids is 2. The minimum atomic E-state index is -0.0925. The first-order valence-corrected chi connectivity index (χ1v) is 11.5. The second-order valence-electron chi connectivity index (χ2n) is 9.14. The topological polar surface area (TPSA) is 74.8 Å². The molecular weight excluding hydrogens is 404 g/mol. The van der Waals surface area contributed by atoms with Crippen molar-refractivity contribution in [2.75, 3.05) is 31.5 Å².